The number of carbonyl (C=O) groups excluding carboxylic acids is 1. The van der Waals surface area contributed by atoms with E-state index in [9.17, 15) is 4.79 Å². The van der Waals surface area contributed by atoms with Crippen molar-refractivity contribution in [3.8, 4) is 0 Å². The van der Waals surface area contributed by atoms with Gasteiger partial charge in [-0.15, -0.1) is 0 Å². The average Bonchev–Trinajstić information content (AvgIpc) is 2.60. The SMILES string of the molecule is CC1=CC(C)(C)N(C)c2ccc(/C=N/NC(=O)Cc3ccccc3)cc21. The molecule has 1 aliphatic rings. The van der Waals surface area contributed by atoms with Gasteiger partial charge in [-0.1, -0.05) is 42.5 Å². The highest BCUT2D eigenvalue weighted by atomic mass is 16.2. The molecule has 0 bridgehead atoms. The number of fused-ring (bicyclic) bond motifs is 1. The number of nitrogens with zero attached hydrogens (tertiary/aromatic N) is 2. The number of rotatable bonds is 4. The van der Waals surface area contributed by atoms with Gasteiger partial charge in [0.2, 0.25) is 5.91 Å². The van der Waals surface area contributed by atoms with Crippen LogP contribution in [0.3, 0.4) is 0 Å². The summed E-state index contributed by atoms with van der Waals surface area (Å²) in [6.07, 6.45) is 4.29. The van der Waals surface area contributed by atoms with Gasteiger partial charge in [0.1, 0.15) is 0 Å². The zero-order valence-electron chi connectivity index (χ0n) is 15.8. The maximum absolute atomic E-state index is 12.0. The minimum absolute atomic E-state index is 0.00188. The molecule has 0 radical (unpaired) electrons. The number of hydrazone groups is 1. The van der Waals surface area contributed by atoms with Gasteiger partial charge >= 0.3 is 0 Å². The van der Waals surface area contributed by atoms with Crippen molar-refractivity contribution in [2.45, 2.75) is 32.7 Å². The molecule has 0 spiro atoms. The van der Waals surface area contributed by atoms with Crippen LogP contribution in [0.1, 0.15) is 37.5 Å². The minimum atomic E-state index is -0.122. The zero-order chi connectivity index (χ0) is 18.7. The quantitative estimate of drug-likeness (QED) is 0.671. The smallest absolute Gasteiger partial charge is 0.244 e. The lowest BCUT2D eigenvalue weighted by atomic mass is 9.89. The molecule has 134 valence electrons. The largest absolute Gasteiger partial charge is 0.366 e. The second-order valence-corrected chi connectivity index (χ2v) is 7.27. The van der Waals surface area contributed by atoms with Gasteiger partial charge in [0.15, 0.2) is 0 Å². The van der Waals surface area contributed by atoms with E-state index in [1.54, 1.807) is 6.21 Å². The maximum atomic E-state index is 12.0. The summed E-state index contributed by atoms with van der Waals surface area (Å²) < 4.78 is 0. The fraction of sp³-hybridized carbons (Fsp3) is 0.273. The molecule has 4 heteroatoms. The second-order valence-electron chi connectivity index (χ2n) is 7.27. The van der Waals surface area contributed by atoms with E-state index < -0.39 is 0 Å². The number of amides is 1. The van der Waals surface area contributed by atoms with Gasteiger partial charge in [-0.25, -0.2) is 5.43 Å². The molecular formula is C22H25N3O. The molecule has 0 saturated heterocycles. The van der Waals surface area contributed by atoms with Crippen LogP contribution in [0.5, 0.6) is 0 Å². The van der Waals surface area contributed by atoms with Gasteiger partial charge in [-0.2, -0.15) is 5.10 Å². The average molecular weight is 347 g/mol. The van der Waals surface area contributed by atoms with E-state index in [0.717, 1.165) is 11.1 Å². The fourth-order valence-electron chi connectivity index (χ4n) is 3.26. The molecule has 0 fully saturated rings. The lowest BCUT2D eigenvalue weighted by Gasteiger charge is -2.40. The summed E-state index contributed by atoms with van der Waals surface area (Å²) in [5.41, 5.74) is 8.20. The predicted octanol–water partition coefficient (Wildman–Crippen LogP) is 4.01. The van der Waals surface area contributed by atoms with Crippen molar-refractivity contribution in [2.24, 2.45) is 5.10 Å². The van der Waals surface area contributed by atoms with Crippen LogP contribution in [-0.2, 0) is 11.2 Å². The standard InChI is InChI=1S/C22H25N3O/c1-16-14-22(2,3)25(4)20-11-10-18(12-19(16)20)15-23-24-21(26)13-17-8-6-5-7-9-17/h5-12,14-15H,13H2,1-4H3,(H,24,26)/b23-15+. The van der Waals surface area contributed by atoms with Gasteiger partial charge in [-0.3, -0.25) is 4.79 Å². The number of anilines is 1. The highest BCUT2D eigenvalue weighted by Gasteiger charge is 2.28. The molecule has 0 unspecified atom stereocenters. The summed E-state index contributed by atoms with van der Waals surface area (Å²) in [5.74, 6) is -0.122. The second kappa shape index (κ2) is 7.16. The Morgan fingerprint density at radius 1 is 1.19 bits per heavy atom. The van der Waals surface area contributed by atoms with Gasteiger partial charge in [0, 0.05) is 18.3 Å². The molecule has 3 rings (SSSR count). The Kier molecular flexibility index (Phi) is 4.94. The van der Waals surface area contributed by atoms with Crippen molar-refractivity contribution >= 4 is 23.4 Å². The number of nitrogens with one attached hydrogen (secondary N) is 1. The lowest BCUT2D eigenvalue weighted by Crippen LogP contribution is -2.42. The zero-order valence-corrected chi connectivity index (χ0v) is 15.8. The highest BCUT2D eigenvalue weighted by Crippen LogP contribution is 2.37. The summed E-state index contributed by atoms with van der Waals surface area (Å²) in [5, 5.41) is 4.10. The third-order valence-electron chi connectivity index (χ3n) is 4.85. The van der Waals surface area contributed by atoms with Crippen LogP contribution >= 0.6 is 0 Å². The topological polar surface area (TPSA) is 44.7 Å². The van der Waals surface area contributed by atoms with Gasteiger partial charge < -0.3 is 4.90 Å². The third kappa shape index (κ3) is 3.85. The molecule has 26 heavy (non-hydrogen) atoms. The van der Waals surface area contributed by atoms with Gasteiger partial charge in [0.05, 0.1) is 18.2 Å². The Balaban J connectivity index is 1.69. The summed E-state index contributed by atoms with van der Waals surface area (Å²) >= 11 is 0. The number of benzene rings is 2. The monoisotopic (exact) mass is 347 g/mol. The summed E-state index contributed by atoms with van der Waals surface area (Å²) in [7, 11) is 2.11. The van der Waals surface area contributed by atoms with Crippen LogP contribution in [0, 0.1) is 0 Å². The molecule has 2 aromatic carbocycles. The molecule has 1 heterocycles. The van der Waals surface area contributed by atoms with Crippen molar-refractivity contribution in [1.82, 2.24) is 5.43 Å². The molecule has 0 aliphatic carbocycles. The lowest BCUT2D eigenvalue weighted by molar-refractivity contribution is -0.120. The Hall–Kier alpha value is -2.88. The van der Waals surface area contributed by atoms with E-state index >= 15 is 0 Å². The maximum Gasteiger partial charge on any atom is 0.244 e. The summed E-state index contributed by atoms with van der Waals surface area (Å²) in [6, 6.07) is 15.9. The predicted molar refractivity (Wildman–Crippen MR) is 108 cm³/mol. The molecule has 4 nitrogen and oxygen atoms in total. The number of carbonyl (C=O) groups is 1. The van der Waals surface area contributed by atoms with Crippen LogP contribution in [0.4, 0.5) is 5.69 Å². The van der Waals surface area contributed by atoms with Crippen molar-refractivity contribution in [1.29, 1.82) is 0 Å². The molecule has 0 atom stereocenters. The Bertz CT molecular complexity index is 866. The Morgan fingerprint density at radius 2 is 1.92 bits per heavy atom. The van der Waals surface area contributed by atoms with Crippen molar-refractivity contribution in [3.63, 3.8) is 0 Å². The van der Waals surface area contributed by atoms with E-state index in [4.69, 9.17) is 0 Å². The van der Waals surface area contributed by atoms with Crippen LogP contribution in [0.15, 0.2) is 59.7 Å². The van der Waals surface area contributed by atoms with Gasteiger partial charge in [0.25, 0.3) is 0 Å². The van der Waals surface area contributed by atoms with E-state index in [1.807, 2.05) is 36.4 Å². The Labute approximate surface area is 155 Å². The van der Waals surface area contributed by atoms with E-state index in [-0.39, 0.29) is 11.4 Å². The van der Waals surface area contributed by atoms with Crippen LogP contribution in [0.2, 0.25) is 0 Å². The molecule has 1 amide bonds. The van der Waals surface area contributed by atoms with Crippen molar-refractivity contribution in [2.75, 3.05) is 11.9 Å². The molecule has 0 aromatic heterocycles. The Morgan fingerprint density at radius 3 is 2.65 bits per heavy atom. The number of hydrogen-bond acceptors (Lipinski definition) is 3. The van der Waals surface area contributed by atoms with E-state index in [0.29, 0.717) is 6.42 Å². The number of allylic oxidation sites excluding steroid dienone is 1. The third-order valence-corrected chi connectivity index (χ3v) is 4.85. The first-order chi connectivity index (χ1) is 12.4. The van der Waals surface area contributed by atoms with Crippen LogP contribution in [-0.4, -0.2) is 24.7 Å². The van der Waals surface area contributed by atoms with Crippen LogP contribution < -0.4 is 10.3 Å². The van der Waals surface area contributed by atoms with E-state index in [2.05, 4.69) is 61.5 Å². The molecule has 1 N–H and O–H groups in total. The molecule has 2 aromatic rings. The number of likely N-dealkylation sites (N-methyl/N-ethyl adjacent to an activating group) is 1. The van der Waals surface area contributed by atoms with E-state index in [1.165, 1.54) is 16.8 Å². The fourth-order valence-corrected chi connectivity index (χ4v) is 3.26. The molecule has 1 aliphatic heterocycles. The van der Waals surface area contributed by atoms with Crippen LogP contribution in [0.25, 0.3) is 5.57 Å². The summed E-state index contributed by atoms with van der Waals surface area (Å²) in [6.45, 7) is 6.55. The summed E-state index contributed by atoms with van der Waals surface area (Å²) in [4.78, 5) is 14.2. The van der Waals surface area contributed by atoms with Crippen molar-refractivity contribution < 1.29 is 4.79 Å². The first kappa shape index (κ1) is 17.9. The normalized spacial score (nSPS) is 15.5. The highest BCUT2D eigenvalue weighted by molar-refractivity contribution is 5.88. The van der Waals surface area contributed by atoms with Crippen molar-refractivity contribution in [3.05, 3.63) is 71.3 Å². The molecular weight excluding hydrogens is 322 g/mol. The molecule has 0 saturated carbocycles. The van der Waals surface area contributed by atoms with Gasteiger partial charge in [-0.05, 0) is 49.6 Å². The first-order valence-corrected chi connectivity index (χ1v) is 8.80. The number of hydrogen-bond donors (Lipinski definition) is 1. The first-order valence-electron chi connectivity index (χ1n) is 8.80. The minimum Gasteiger partial charge on any atom is -0.366 e.